The number of hydrogen-bond donors (Lipinski definition) is 2. The van der Waals surface area contributed by atoms with E-state index in [2.05, 4.69) is 10.2 Å². The van der Waals surface area contributed by atoms with Crippen molar-refractivity contribution in [3.8, 4) is 0 Å². The molecule has 70 valence electrons. The van der Waals surface area contributed by atoms with Gasteiger partial charge in [-0.3, -0.25) is 10.1 Å². The summed E-state index contributed by atoms with van der Waals surface area (Å²) in [4.78, 5) is 13.1. The van der Waals surface area contributed by atoms with E-state index in [1.807, 2.05) is 24.4 Å². The summed E-state index contributed by atoms with van der Waals surface area (Å²) in [6.45, 7) is 0.881. The molecule has 2 aliphatic heterocycles. The zero-order valence-corrected chi connectivity index (χ0v) is 7.31. The molecule has 2 aliphatic rings. The van der Waals surface area contributed by atoms with Crippen LogP contribution in [0.3, 0.4) is 0 Å². The number of primary amides is 1. The quantitative estimate of drug-likeness (QED) is 0.573. The van der Waals surface area contributed by atoms with E-state index in [4.69, 9.17) is 5.73 Å². The van der Waals surface area contributed by atoms with E-state index >= 15 is 0 Å². The minimum absolute atomic E-state index is 0.135. The Bertz CT molecular complexity index is 272. The number of carbonyl (C=O) groups excluding carboxylic acids is 1. The normalized spacial score (nSPS) is 31.5. The third-order valence-electron chi connectivity index (χ3n) is 2.43. The average Bonchev–Trinajstić information content (AvgIpc) is 2.17. The molecule has 0 radical (unpaired) electrons. The number of fused-ring (bicyclic) bond motifs is 1. The largest absolute Gasteiger partial charge is 0.368 e. The van der Waals surface area contributed by atoms with Crippen LogP contribution in [0.25, 0.3) is 0 Å². The third-order valence-corrected chi connectivity index (χ3v) is 2.43. The molecule has 0 aromatic carbocycles. The number of carbonyl (C=O) groups is 1. The van der Waals surface area contributed by atoms with E-state index in [1.165, 1.54) is 0 Å². The predicted octanol–water partition coefficient (Wildman–Crippen LogP) is -0.455. The molecular formula is C9H13N3O. The van der Waals surface area contributed by atoms with Gasteiger partial charge in [0.1, 0.15) is 0 Å². The fourth-order valence-corrected chi connectivity index (χ4v) is 1.69. The smallest absolute Gasteiger partial charge is 0.234 e. The Labute approximate surface area is 77.1 Å². The van der Waals surface area contributed by atoms with Gasteiger partial charge in [0.15, 0.2) is 0 Å². The van der Waals surface area contributed by atoms with Crippen molar-refractivity contribution in [1.29, 1.82) is 0 Å². The highest BCUT2D eigenvalue weighted by molar-refractivity contribution is 5.80. The van der Waals surface area contributed by atoms with Crippen LogP contribution in [-0.4, -0.2) is 29.6 Å². The van der Waals surface area contributed by atoms with Crippen LogP contribution in [0.1, 0.15) is 6.42 Å². The summed E-state index contributed by atoms with van der Waals surface area (Å²) in [6, 6.07) is -0.183. The fourth-order valence-electron chi connectivity index (χ4n) is 1.69. The number of amides is 1. The zero-order chi connectivity index (χ0) is 9.26. The number of nitrogens with one attached hydrogen (secondary N) is 1. The Kier molecular flexibility index (Phi) is 2.06. The average molecular weight is 179 g/mol. The lowest BCUT2D eigenvalue weighted by atomic mass is 10.1. The van der Waals surface area contributed by atoms with Crippen LogP contribution in [0.15, 0.2) is 24.4 Å². The number of hydrogen-bond acceptors (Lipinski definition) is 3. The summed E-state index contributed by atoms with van der Waals surface area (Å²) in [5.41, 5.74) is 5.23. The van der Waals surface area contributed by atoms with Gasteiger partial charge in [-0.2, -0.15) is 0 Å². The van der Waals surface area contributed by atoms with E-state index in [-0.39, 0.29) is 18.1 Å². The Balaban J connectivity index is 2.04. The van der Waals surface area contributed by atoms with E-state index in [9.17, 15) is 4.79 Å². The third kappa shape index (κ3) is 1.58. The summed E-state index contributed by atoms with van der Waals surface area (Å²) in [6.07, 6.45) is 8.92. The molecule has 4 nitrogen and oxygen atoms in total. The summed E-state index contributed by atoms with van der Waals surface area (Å²) in [7, 11) is 0. The first-order chi connectivity index (χ1) is 6.27. The van der Waals surface area contributed by atoms with Crippen molar-refractivity contribution in [2.45, 2.75) is 18.6 Å². The lowest BCUT2D eigenvalue weighted by molar-refractivity contribution is -0.121. The Morgan fingerprint density at radius 1 is 1.54 bits per heavy atom. The second-order valence-electron chi connectivity index (χ2n) is 3.32. The van der Waals surface area contributed by atoms with Crippen molar-refractivity contribution < 1.29 is 4.79 Å². The van der Waals surface area contributed by atoms with Gasteiger partial charge in [-0.05, 0) is 18.6 Å². The highest BCUT2D eigenvalue weighted by Crippen LogP contribution is 2.13. The minimum atomic E-state index is -0.261. The molecular weight excluding hydrogens is 166 g/mol. The second-order valence-corrected chi connectivity index (χ2v) is 3.32. The zero-order valence-electron chi connectivity index (χ0n) is 7.31. The predicted molar refractivity (Wildman–Crippen MR) is 49.5 cm³/mol. The van der Waals surface area contributed by atoms with Gasteiger partial charge in [0.05, 0.1) is 12.2 Å². The molecule has 2 heterocycles. The summed E-state index contributed by atoms with van der Waals surface area (Å²) < 4.78 is 0. The fraction of sp³-hybridized carbons (Fsp3) is 0.444. The second kappa shape index (κ2) is 3.22. The summed E-state index contributed by atoms with van der Waals surface area (Å²) in [5.74, 6) is -0.261. The molecule has 0 spiro atoms. The first-order valence-corrected chi connectivity index (χ1v) is 4.43. The van der Waals surface area contributed by atoms with Crippen LogP contribution in [0, 0.1) is 0 Å². The van der Waals surface area contributed by atoms with Crippen LogP contribution < -0.4 is 11.1 Å². The van der Waals surface area contributed by atoms with Crippen molar-refractivity contribution in [3.63, 3.8) is 0 Å². The molecule has 0 aromatic rings. The van der Waals surface area contributed by atoms with E-state index in [0.29, 0.717) is 0 Å². The molecule has 13 heavy (non-hydrogen) atoms. The number of allylic oxidation sites excluding steroid dienone is 2. The van der Waals surface area contributed by atoms with Gasteiger partial charge in [-0.1, -0.05) is 6.08 Å². The van der Waals surface area contributed by atoms with Crippen molar-refractivity contribution in [2.24, 2.45) is 5.73 Å². The van der Waals surface area contributed by atoms with Gasteiger partial charge in [-0.15, -0.1) is 0 Å². The van der Waals surface area contributed by atoms with E-state index < -0.39 is 0 Å². The van der Waals surface area contributed by atoms with Crippen LogP contribution >= 0.6 is 0 Å². The van der Waals surface area contributed by atoms with Crippen molar-refractivity contribution in [3.05, 3.63) is 24.4 Å². The SMILES string of the molecule is NC(=O)C1CCN2C=CC=CC2N1. The van der Waals surface area contributed by atoms with Crippen LogP contribution in [0.2, 0.25) is 0 Å². The van der Waals surface area contributed by atoms with Gasteiger partial charge >= 0.3 is 0 Å². The lowest BCUT2D eigenvalue weighted by Gasteiger charge is -2.38. The van der Waals surface area contributed by atoms with Crippen LogP contribution in [0.5, 0.6) is 0 Å². The Morgan fingerprint density at radius 3 is 3.15 bits per heavy atom. The van der Waals surface area contributed by atoms with Gasteiger partial charge in [0.2, 0.25) is 5.91 Å². The van der Waals surface area contributed by atoms with Gasteiger partial charge < -0.3 is 10.6 Å². The van der Waals surface area contributed by atoms with E-state index in [0.717, 1.165) is 13.0 Å². The monoisotopic (exact) mass is 179 g/mol. The molecule has 1 amide bonds. The molecule has 0 aromatic heterocycles. The molecule has 1 saturated heterocycles. The van der Waals surface area contributed by atoms with Crippen molar-refractivity contribution in [2.75, 3.05) is 6.54 Å². The maximum absolute atomic E-state index is 10.9. The van der Waals surface area contributed by atoms with Gasteiger partial charge in [-0.25, -0.2) is 0 Å². The number of nitrogens with zero attached hydrogens (tertiary/aromatic N) is 1. The molecule has 4 heteroatoms. The standard InChI is InChI=1S/C9H13N3O/c10-9(13)7-4-6-12-5-2-1-3-8(12)11-7/h1-3,5,7-8,11H,4,6H2,(H2,10,13). The molecule has 2 unspecified atom stereocenters. The molecule has 2 rings (SSSR count). The summed E-state index contributed by atoms with van der Waals surface area (Å²) in [5, 5.41) is 3.17. The molecule has 0 aliphatic carbocycles. The first kappa shape index (κ1) is 8.31. The lowest BCUT2D eigenvalue weighted by Crippen LogP contribution is -2.57. The topological polar surface area (TPSA) is 58.4 Å². The number of nitrogens with two attached hydrogens (primary N) is 1. The van der Waals surface area contributed by atoms with Crippen LogP contribution in [-0.2, 0) is 4.79 Å². The Hall–Kier alpha value is -1.29. The maximum atomic E-state index is 10.9. The Morgan fingerprint density at radius 2 is 2.38 bits per heavy atom. The molecule has 3 N–H and O–H groups in total. The molecule has 2 atom stereocenters. The van der Waals surface area contributed by atoms with Gasteiger partial charge in [0.25, 0.3) is 0 Å². The molecule has 0 bridgehead atoms. The van der Waals surface area contributed by atoms with Crippen LogP contribution in [0.4, 0.5) is 0 Å². The number of rotatable bonds is 1. The highest BCUT2D eigenvalue weighted by Gasteiger charge is 2.27. The van der Waals surface area contributed by atoms with Gasteiger partial charge in [0, 0.05) is 12.7 Å². The van der Waals surface area contributed by atoms with Crippen molar-refractivity contribution in [1.82, 2.24) is 10.2 Å². The van der Waals surface area contributed by atoms with Crippen molar-refractivity contribution >= 4 is 5.91 Å². The highest BCUT2D eigenvalue weighted by atomic mass is 16.1. The molecule has 1 fully saturated rings. The summed E-state index contributed by atoms with van der Waals surface area (Å²) >= 11 is 0. The first-order valence-electron chi connectivity index (χ1n) is 4.43. The maximum Gasteiger partial charge on any atom is 0.234 e. The van der Waals surface area contributed by atoms with E-state index in [1.54, 1.807) is 0 Å². The minimum Gasteiger partial charge on any atom is -0.368 e. The molecule has 0 saturated carbocycles.